The molecule has 0 bridgehead atoms. The molecule has 0 saturated heterocycles. The lowest BCUT2D eigenvalue weighted by Gasteiger charge is -2.31. The molecule has 9 aromatic carbocycles. The highest BCUT2D eigenvalue weighted by Crippen LogP contribution is 2.50. The number of anilines is 3. The van der Waals surface area contributed by atoms with Gasteiger partial charge in [0.25, 0.3) is 0 Å². The predicted octanol–water partition coefficient (Wildman–Crippen LogP) is 15.4. The third-order valence-electron chi connectivity index (χ3n) is 10.7. The van der Waals surface area contributed by atoms with Crippen LogP contribution in [0.4, 0.5) is 17.1 Å². The highest BCUT2D eigenvalue weighted by Gasteiger charge is 2.25. The smallest absolute Gasteiger partial charge is 0.136 e. The largest absolute Gasteiger partial charge is 0.456 e. The second kappa shape index (κ2) is 14.4. The van der Waals surface area contributed by atoms with Crippen LogP contribution in [0.1, 0.15) is 0 Å². The highest BCUT2D eigenvalue weighted by atomic mass is 16.3. The third kappa shape index (κ3) is 6.04. The first-order valence-corrected chi connectivity index (χ1v) is 19.1. The van der Waals surface area contributed by atoms with Gasteiger partial charge in [-0.15, -0.1) is 0 Å². The van der Waals surface area contributed by atoms with Gasteiger partial charge < -0.3 is 9.32 Å². The number of hydrogen-bond acceptors (Lipinski definition) is 2. The second-order valence-corrected chi connectivity index (χ2v) is 14.1. The molecule has 2 heteroatoms. The average Bonchev–Trinajstić information content (AvgIpc) is 3.67. The van der Waals surface area contributed by atoms with Crippen molar-refractivity contribution < 1.29 is 4.42 Å². The van der Waals surface area contributed by atoms with Crippen molar-refractivity contribution in [3.63, 3.8) is 0 Å². The molecule has 10 aromatic rings. The Hall–Kier alpha value is -7.42. The van der Waals surface area contributed by atoms with Crippen molar-refractivity contribution in [2.24, 2.45) is 0 Å². The Morgan fingerprint density at radius 3 is 1.57 bits per heavy atom. The van der Waals surface area contributed by atoms with Gasteiger partial charge >= 0.3 is 0 Å². The van der Waals surface area contributed by atoms with Gasteiger partial charge in [-0.2, -0.15) is 0 Å². The van der Waals surface area contributed by atoms with Crippen LogP contribution >= 0.6 is 0 Å². The monoisotopic (exact) mass is 715 g/mol. The maximum absolute atomic E-state index is 6.53. The zero-order chi connectivity index (χ0) is 37.3. The maximum Gasteiger partial charge on any atom is 0.136 e. The van der Waals surface area contributed by atoms with Crippen molar-refractivity contribution in [2.45, 2.75) is 0 Å². The molecule has 0 radical (unpaired) electrons. The standard InChI is InChI=1S/C54H37NO/c1-4-17-38(18-5-1)40-33-35-44(36-34-40)55(49-29-12-10-25-45(49)41-21-8-3-9-22-41)50-30-15-27-46(43-24-14-23-42(37-43)39-19-6-2-7-20-39)53(50)48-28-16-32-52-54(48)47-26-11-13-31-51(47)56-52/h1-37H. The number of furan rings is 1. The molecule has 0 atom stereocenters. The Morgan fingerprint density at radius 1 is 0.304 bits per heavy atom. The number of nitrogens with zero attached hydrogens (tertiary/aromatic N) is 1. The number of rotatable bonds is 8. The molecule has 0 fully saturated rings. The van der Waals surface area contributed by atoms with Gasteiger partial charge in [0.15, 0.2) is 0 Å². The molecule has 0 spiro atoms. The Balaban J connectivity index is 1.28. The molecule has 264 valence electrons. The summed E-state index contributed by atoms with van der Waals surface area (Å²) in [4.78, 5) is 2.44. The summed E-state index contributed by atoms with van der Waals surface area (Å²) in [5, 5.41) is 2.20. The van der Waals surface area contributed by atoms with E-state index in [1.54, 1.807) is 0 Å². The lowest BCUT2D eigenvalue weighted by molar-refractivity contribution is 0.669. The molecule has 2 nitrogen and oxygen atoms in total. The minimum Gasteiger partial charge on any atom is -0.456 e. The summed E-state index contributed by atoms with van der Waals surface area (Å²) < 4.78 is 6.53. The SMILES string of the molecule is c1ccc(-c2ccc(N(c3ccccc3-c3ccccc3)c3cccc(-c4cccc(-c5ccccc5)c4)c3-c3cccc4oc5ccccc5c34)cc2)cc1. The Morgan fingerprint density at radius 2 is 0.804 bits per heavy atom. The van der Waals surface area contributed by atoms with Gasteiger partial charge in [-0.1, -0.05) is 182 Å². The first kappa shape index (κ1) is 33.2. The number of hydrogen-bond donors (Lipinski definition) is 0. The van der Waals surface area contributed by atoms with Gasteiger partial charge in [-0.25, -0.2) is 0 Å². The van der Waals surface area contributed by atoms with E-state index in [1.165, 1.54) is 22.3 Å². The van der Waals surface area contributed by atoms with Crippen LogP contribution in [-0.4, -0.2) is 0 Å². The molecule has 10 rings (SSSR count). The summed E-state index contributed by atoms with van der Waals surface area (Å²) in [6, 6.07) is 80.1. The van der Waals surface area contributed by atoms with Gasteiger partial charge in [0.2, 0.25) is 0 Å². The van der Waals surface area contributed by atoms with Gasteiger partial charge in [0.1, 0.15) is 11.2 Å². The lowest BCUT2D eigenvalue weighted by atomic mass is 9.88. The molecular formula is C54H37NO. The van der Waals surface area contributed by atoms with E-state index in [0.29, 0.717) is 0 Å². The zero-order valence-electron chi connectivity index (χ0n) is 30.7. The van der Waals surface area contributed by atoms with Crippen molar-refractivity contribution in [1.82, 2.24) is 0 Å². The zero-order valence-corrected chi connectivity index (χ0v) is 30.7. The lowest BCUT2D eigenvalue weighted by Crippen LogP contribution is -2.13. The fraction of sp³-hybridized carbons (Fsp3) is 0. The van der Waals surface area contributed by atoms with E-state index in [9.17, 15) is 0 Å². The number of para-hydroxylation sites is 2. The fourth-order valence-corrected chi connectivity index (χ4v) is 8.10. The molecule has 0 aliphatic carbocycles. The van der Waals surface area contributed by atoms with Crippen molar-refractivity contribution in [3.05, 3.63) is 224 Å². The van der Waals surface area contributed by atoms with Gasteiger partial charge in [0.05, 0.1) is 11.4 Å². The number of fused-ring (bicyclic) bond motifs is 3. The van der Waals surface area contributed by atoms with Crippen molar-refractivity contribution >= 4 is 39.0 Å². The van der Waals surface area contributed by atoms with Crippen LogP contribution in [0, 0.1) is 0 Å². The molecule has 1 aromatic heterocycles. The van der Waals surface area contributed by atoms with Gasteiger partial charge in [0, 0.05) is 27.6 Å². The van der Waals surface area contributed by atoms with Crippen LogP contribution in [0.5, 0.6) is 0 Å². The van der Waals surface area contributed by atoms with Crippen molar-refractivity contribution in [2.75, 3.05) is 4.90 Å². The van der Waals surface area contributed by atoms with E-state index in [-0.39, 0.29) is 0 Å². The van der Waals surface area contributed by atoms with E-state index in [4.69, 9.17) is 4.42 Å². The maximum atomic E-state index is 6.53. The fourth-order valence-electron chi connectivity index (χ4n) is 8.10. The summed E-state index contributed by atoms with van der Waals surface area (Å²) in [7, 11) is 0. The third-order valence-corrected chi connectivity index (χ3v) is 10.7. The highest BCUT2D eigenvalue weighted by molar-refractivity contribution is 6.16. The first-order valence-electron chi connectivity index (χ1n) is 19.1. The second-order valence-electron chi connectivity index (χ2n) is 14.1. The van der Waals surface area contributed by atoms with E-state index >= 15 is 0 Å². The van der Waals surface area contributed by atoms with E-state index < -0.39 is 0 Å². The Labute approximate surface area is 327 Å². The van der Waals surface area contributed by atoms with Gasteiger partial charge in [-0.3, -0.25) is 0 Å². The first-order chi connectivity index (χ1) is 27.8. The molecule has 0 amide bonds. The summed E-state index contributed by atoms with van der Waals surface area (Å²) in [6.45, 7) is 0. The van der Waals surface area contributed by atoms with Crippen molar-refractivity contribution in [3.8, 4) is 55.6 Å². The predicted molar refractivity (Wildman–Crippen MR) is 236 cm³/mol. The molecule has 56 heavy (non-hydrogen) atoms. The minimum absolute atomic E-state index is 0.867. The van der Waals surface area contributed by atoms with Crippen LogP contribution in [0.25, 0.3) is 77.6 Å². The van der Waals surface area contributed by atoms with E-state index in [1.807, 2.05) is 6.07 Å². The molecule has 0 aliphatic heterocycles. The van der Waals surface area contributed by atoms with Crippen LogP contribution in [0.2, 0.25) is 0 Å². The quantitative estimate of drug-likeness (QED) is 0.156. The topological polar surface area (TPSA) is 16.4 Å². The summed E-state index contributed by atoms with van der Waals surface area (Å²) in [5.74, 6) is 0. The Bertz CT molecular complexity index is 2950. The van der Waals surface area contributed by atoms with Crippen LogP contribution in [0.15, 0.2) is 229 Å². The van der Waals surface area contributed by atoms with Gasteiger partial charge in [-0.05, 0) is 87.0 Å². The van der Waals surface area contributed by atoms with Crippen molar-refractivity contribution in [1.29, 1.82) is 0 Å². The van der Waals surface area contributed by atoms with E-state index in [0.717, 1.165) is 72.4 Å². The Kier molecular flexibility index (Phi) is 8.55. The summed E-state index contributed by atoms with van der Waals surface area (Å²) in [5.41, 5.74) is 16.5. The minimum atomic E-state index is 0.867. The van der Waals surface area contributed by atoms with Crippen LogP contribution in [0.3, 0.4) is 0 Å². The molecule has 0 unspecified atom stereocenters. The summed E-state index contributed by atoms with van der Waals surface area (Å²) >= 11 is 0. The van der Waals surface area contributed by atoms with E-state index in [2.05, 4.69) is 223 Å². The molecule has 1 heterocycles. The molecular weight excluding hydrogens is 679 g/mol. The van der Waals surface area contributed by atoms with Crippen LogP contribution in [-0.2, 0) is 0 Å². The number of benzene rings is 9. The summed E-state index contributed by atoms with van der Waals surface area (Å²) in [6.07, 6.45) is 0. The van der Waals surface area contributed by atoms with Crippen LogP contribution < -0.4 is 4.90 Å². The molecule has 0 N–H and O–H groups in total. The average molecular weight is 716 g/mol. The molecule has 0 aliphatic rings. The molecule has 0 saturated carbocycles. The normalized spacial score (nSPS) is 11.2.